The van der Waals surface area contributed by atoms with Crippen LogP contribution in [-0.2, 0) is 9.47 Å². The molecule has 0 atom stereocenters. The number of carbonyl (C=O) groups is 3. The highest BCUT2D eigenvalue weighted by Gasteiger charge is 2.36. The molecule has 0 unspecified atom stereocenters. The first kappa shape index (κ1) is 24.5. The number of hydrogen-bond donors (Lipinski definition) is 0. The summed E-state index contributed by atoms with van der Waals surface area (Å²) in [7, 11) is 0. The summed E-state index contributed by atoms with van der Waals surface area (Å²) < 4.78 is 12.1. The van der Waals surface area contributed by atoms with Crippen LogP contribution in [0.3, 0.4) is 0 Å². The number of aromatic nitrogens is 2. The molecule has 0 saturated carbocycles. The van der Waals surface area contributed by atoms with Crippen LogP contribution in [0.2, 0.25) is 0 Å². The normalized spacial score (nSPS) is 11.3. The number of nitro groups is 1. The number of non-ortho nitro benzene ring substituents is 1. The van der Waals surface area contributed by atoms with Crippen LogP contribution in [0.25, 0.3) is 16.3 Å². The predicted molar refractivity (Wildman–Crippen MR) is 130 cm³/mol. The van der Waals surface area contributed by atoms with Gasteiger partial charge in [0.25, 0.3) is 5.69 Å². The maximum absolute atomic E-state index is 13.8. The highest BCUT2D eigenvalue weighted by atomic mass is 16.6. The van der Waals surface area contributed by atoms with Gasteiger partial charge in [-0.05, 0) is 27.7 Å². The molecule has 0 aliphatic carbocycles. The number of ketones is 1. The van der Waals surface area contributed by atoms with Crippen molar-refractivity contribution < 1.29 is 28.8 Å². The zero-order valence-electron chi connectivity index (χ0n) is 20.1. The number of benzene rings is 2. The number of ether oxygens (including phenoxy) is 2. The van der Waals surface area contributed by atoms with Crippen molar-refractivity contribution in [1.29, 1.82) is 0 Å². The number of rotatable bonds is 7. The Balaban J connectivity index is 2.12. The molecule has 0 fully saturated rings. The molecule has 0 spiro atoms. The van der Waals surface area contributed by atoms with E-state index < -0.39 is 34.9 Å². The van der Waals surface area contributed by atoms with Crippen LogP contribution in [0.4, 0.5) is 5.69 Å². The number of carbonyl (C=O) groups excluding carboxylic acids is 3. The van der Waals surface area contributed by atoms with Crippen molar-refractivity contribution in [1.82, 2.24) is 9.61 Å². The lowest BCUT2D eigenvalue weighted by molar-refractivity contribution is -0.384. The van der Waals surface area contributed by atoms with E-state index in [1.54, 1.807) is 52.0 Å². The standard InChI is InChI=1S/C26H23N3O7/c1-14(2)35-25(31)20-21(26(32)36-15(3)4)23(24(30)16-9-7-10-18(12-16)29(33)34)28-22(20)19-11-6-5-8-17(19)13-27-28/h5-15H,1-4H3. The van der Waals surface area contributed by atoms with E-state index in [0.29, 0.717) is 10.8 Å². The van der Waals surface area contributed by atoms with Gasteiger partial charge in [-0.25, -0.2) is 14.1 Å². The van der Waals surface area contributed by atoms with Crippen LogP contribution < -0.4 is 0 Å². The van der Waals surface area contributed by atoms with Gasteiger partial charge in [0.05, 0.1) is 28.8 Å². The molecule has 0 bridgehead atoms. The summed E-state index contributed by atoms with van der Waals surface area (Å²) >= 11 is 0. The Morgan fingerprint density at radius 2 is 1.56 bits per heavy atom. The number of nitro benzene ring substituents is 1. The van der Waals surface area contributed by atoms with Gasteiger partial charge in [0, 0.05) is 28.5 Å². The number of esters is 2. The van der Waals surface area contributed by atoms with E-state index in [0.717, 1.165) is 6.07 Å². The molecule has 10 nitrogen and oxygen atoms in total. The van der Waals surface area contributed by atoms with Crippen molar-refractivity contribution in [2.75, 3.05) is 0 Å². The molecule has 0 amide bonds. The Bertz CT molecular complexity index is 1540. The van der Waals surface area contributed by atoms with E-state index in [9.17, 15) is 24.5 Å². The van der Waals surface area contributed by atoms with Gasteiger partial charge in [-0.3, -0.25) is 14.9 Å². The Morgan fingerprint density at radius 1 is 0.917 bits per heavy atom. The van der Waals surface area contributed by atoms with Crippen LogP contribution in [0.15, 0.2) is 54.7 Å². The summed E-state index contributed by atoms with van der Waals surface area (Å²) in [4.78, 5) is 51.2. The molecule has 4 rings (SSSR count). The monoisotopic (exact) mass is 489 g/mol. The van der Waals surface area contributed by atoms with Gasteiger partial charge < -0.3 is 9.47 Å². The lowest BCUT2D eigenvalue weighted by atomic mass is 10.0. The highest BCUT2D eigenvalue weighted by molar-refractivity contribution is 6.22. The minimum absolute atomic E-state index is 0.0547. The second kappa shape index (κ2) is 9.57. The molecular formula is C26H23N3O7. The molecular weight excluding hydrogens is 466 g/mol. The topological polar surface area (TPSA) is 130 Å². The van der Waals surface area contributed by atoms with Crippen molar-refractivity contribution in [3.8, 4) is 0 Å². The first-order valence-corrected chi connectivity index (χ1v) is 11.2. The lowest BCUT2D eigenvalue weighted by Gasteiger charge is -2.12. The smallest absolute Gasteiger partial charge is 0.341 e. The Hall–Kier alpha value is -4.60. The average molecular weight is 489 g/mol. The molecule has 184 valence electrons. The zero-order chi connectivity index (χ0) is 26.1. The van der Waals surface area contributed by atoms with Gasteiger partial charge in [0.1, 0.15) is 16.8 Å². The van der Waals surface area contributed by atoms with Gasteiger partial charge in [-0.2, -0.15) is 5.10 Å². The maximum atomic E-state index is 13.8. The van der Waals surface area contributed by atoms with Crippen molar-refractivity contribution in [3.63, 3.8) is 0 Å². The molecule has 2 aromatic carbocycles. The van der Waals surface area contributed by atoms with Crippen LogP contribution >= 0.6 is 0 Å². The Kier molecular flexibility index (Phi) is 6.52. The molecule has 0 aliphatic rings. The van der Waals surface area contributed by atoms with Crippen molar-refractivity contribution in [3.05, 3.63) is 87.2 Å². The van der Waals surface area contributed by atoms with Gasteiger partial charge in [0.15, 0.2) is 0 Å². The van der Waals surface area contributed by atoms with Crippen molar-refractivity contribution in [2.24, 2.45) is 0 Å². The second-order valence-electron chi connectivity index (χ2n) is 8.64. The van der Waals surface area contributed by atoms with Gasteiger partial charge in [0.2, 0.25) is 5.78 Å². The molecule has 36 heavy (non-hydrogen) atoms. The van der Waals surface area contributed by atoms with Crippen molar-refractivity contribution >= 4 is 39.7 Å². The van der Waals surface area contributed by atoms with Crippen molar-refractivity contribution in [2.45, 2.75) is 39.9 Å². The number of hydrogen-bond acceptors (Lipinski definition) is 8. The van der Waals surface area contributed by atoms with E-state index in [-0.39, 0.29) is 33.6 Å². The number of nitrogens with zero attached hydrogens (tertiary/aromatic N) is 3. The third-order valence-electron chi connectivity index (χ3n) is 5.30. The molecule has 0 radical (unpaired) electrons. The molecule has 0 N–H and O–H groups in total. The summed E-state index contributed by atoms with van der Waals surface area (Å²) in [6.07, 6.45) is 0.432. The third kappa shape index (κ3) is 4.40. The van der Waals surface area contributed by atoms with E-state index in [1.165, 1.54) is 28.9 Å². The molecule has 2 heterocycles. The maximum Gasteiger partial charge on any atom is 0.341 e. The first-order valence-electron chi connectivity index (χ1n) is 11.2. The molecule has 4 aromatic rings. The average Bonchev–Trinajstić information content (AvgIpc) is 3.19. The van der Waals surface area contributed by atoms with E-state index in [4.69, 9.17) is 9.47 Å². The molecule has 10 heteroatoms. The van der Waals surface area contributed by atoms with E-state index in [1.807, 2.05) is 0 Å². The highest BCUT2D eigenvalue weighted by Crippen LogP contribution is 2.32. The Morgan fingerprint density at radius 3 is 2.19 bits per heavy atom. The molecule has 0 aliphatic heterocycles. The predicted octanol–water partition coefficient (Wildman–Crippen LogP) is 4.76. The van der Waals surface area contributed by atoms with Crippen LogP contribution in [0, 0.1) is 10.1 Å². The summed E-state index contributed by atoms with van der Waals surface area (Å²) in [6.45, 7) is 6.59. The Labute approximate surface area is 205 Å². The minimum Gasteiger partial charge on any atom is -0.459 e. The zero-order valence-corrected chi connectivity index (χ0v) is 20.1. The van der Waals surface area contributed by atoms with Gasteiger partial charge in [-0.1, -0.05) is 36.4 Å². The summed E-state index contributed by atoms with van der Waals surface area (Å²) in [5.41, 5.74) is -0.880. The first-order chi connectivity index (χ1) is 17.1. The van der Waals surface area contributed by atoms with E-state index in [2.05, 4.69) is 5.10 Å². The van der Waals surface area contributed by atoms with E-state index >= 15 is 0 Å². The van der Waals surface area contributed by atoms with Crippen LogP contribution in [0.1, 0.15) is 64.5 Å². The fourth-order valence-electron chi connectivity index (χ4n) is 3.92. The largest absolute Gasteiger partial charge is 0.459 e. The SMILES string of the molecule is CC(C)OC(=O)c1c(C(=O)OC(C)C)c2c3ccccc3cnn2c1C(=O)c1cccc([N+](=O)[O-])c1. The summed E-state index contributed by atoms with van der Waals surface area (Å²) in [6, 6.07) is 12.2. The van der Waals surface area contributed by atoms with Gasteiger partial charge in [-0.15, -0.1) is 0 Å². The number of fused-ring (bicyclic) bond motifs is 3. The minimum atomic E-state index is -0.913. The third-order valence-corrected chi connectivity index (χ3v) is 5.30. The quantitative estimate of drug-likeness (QED) is 0.157. The van der Waals surface area contributed by atoms with Crippen LogP contribution in [0.5, 0.6) is 0 Å². The lowest BCUT2D eigenvalue weighted by Crippen LogP contribution is -2.20. The second-order valence-corrected chi connectivity index (χ2v) is 8.64. The molecule has 2 aromatic heterocycles. The fourth-order valence-corrected chi connectivity index (χ4v) is 3.92. The summed E-state index contributed by atoms with van der Waals surface area (Å²) in [5.74, 6) is -2.48. The van der Waals surface area contributed by atoms with Gasteiger partial charge >= 0.3 is 11.9 Å². The summed E-state index contributed by atoms with van der Waals surface area (Å²) in [5, 5.41) is 16.9. The molecule has 0 saturated heterocycles. The fraction of sp³-hybridized carbons (Fsp3) is 0.231. The van der Waals surface area contributed by atoms with Crippen LogP contribution in [-0.4, -0.2) is 44.5 Å².